The van der Waals surface area contributed by atoms with Crippen molar-refractivity contribution in [2.45, 2.75) is 19.5 Å². The van der Waals surface area contributed by atoms with Gasteiger partial charge in [-0.25, -0.2) is 9.37 Å². The molecule has 1 saturated heterocycles. The Morgan fingerprint density at radius 2 is 2.12 bits per heavy atom. The first-order valence-electron chi connectivity index (χ1n) is 8.09. The summed E-state index contributed by atoms with van der Waals surface area (Å²) in [5, 5.41) is 8.78. The highest BCUT2D eigenvalue weighted by Gasteiger charge is 2.33. The molecule has 0 atom stereocenters. The molecule has 2 aromatic heterocycles. The summed E-state index contributed by atoms with van der Waals surface area (Å²) in [7, 11) is 1.99. The maximum atomic E-state index is 14.0. The predicted octanol–water partition coefficient (Wildman–Crippen LogP) is 2.55. The summed E-state index contributed by atoms with van der Waals surface area (Å²) in [6.07, 6.45) is 3.62. The lowest BCUT2D eigenvalue weighted by atomic mass is 10.1. The van der Waals surface area contributed by atoms with Crippen LogP contribution in [0.5, 0.6) is 0 Å². The monoisotopic (exact) mass is 360 g/mol. The standard InChI is InChI=1S/C17H18ClFN6/c1-11-21-22-17-16(20-6-7-25(11)17)24-8-12(9-24)23(2)10-13-14(18)4-3-5-15(13)19/h3-7,12H,8-10H2,1-2H3. The van der Waals surface area contributed by atoms with Crippen molar-refractivity contribution < 1.29 is 4.39 Å². The third-order valence-electron chi connectivity index (χ3n) is 4.73. The molecule has 0 bridgehead atoms. The molecule has 0 amide bonds. The first-order valence-corrected chi connectivity index (χ1v) is 8.47. The van der Waals surface area contributed by atoms with E-state index in [1.807, 2.05) is 24.6 Å². The van der Waals surface area contributed by atoms with Gasteiger partial charge in [-0.1, -0.05) is 17.7 Å². The van der Waals surface area contributed by atoms with Crippen molar-refractivity contribution in [3.8, 4) is 0 Å². The van der Waals surface area contributed by atoms with E-state index in [1.54, 1.807) is 18.3 Å². The lowest BCUT2D eigenvalue weighted by Gasteiger charge is -2.44. The summed E-state index contributed by atoms with van der Waals surface area (Å²) in [5.74, 6) is 1.40. The average Bonchev–Trinajstić information content (AvgIpc) is 2.92. The molecule has 25 heavy (non-hydrogen) atoms. The van der Waals surface area contributed by atoms with E-state index in [-0.39, 0.29) is 5.82 Å². The maximum Gasteiger partial charge on any atom is 0.203 e. The number of aryl methyl sites for hydroxylation is 1. The third kappa shape index (κ3) is 2.83. The van der Waals surface area contributed by atoms with Gasteiger partial charge in [0.15, 0.2) is 5.82 Å². The molecular formula is C17H18ClFN6. The van der Waals surface area contributed by atoms with E-state index >= 15 is 0 Å². The van der Waals surface area contributed by atoms with Crippen molar-refractivity contribution >= 4 is 23.1 Å². The molecule has 1 aliphatic rings. The normalized spacial score (nSPS) is 15.2. The molecule has 8 heteroatoms. The summed E-state index contributed by atoms with van der Waals surface area (Å²) >= 11 is 6.13. The second-order valence-electron chi connectivity index (χ2n) is 6.37. The molecule has 0 N–H and O–H groups in total. The maximum absolute atomic E-state index is 14.0. The molecule has 0 spiro atoms. The van der Waals surface area contributed by atoms with Crippen molar-refractivity contribution in [3.05, 3.63) is 52.8 Å². The van der Waals surface area contributed by atoms with Crippen LogP contribution >= 0.6 is 11.6 Å². The van der Waals surface area contributed by atoms with E-state index in [1.165, 1.54) is 6.07 Å². The fourth-order valence-corrected chi connectivity index (χ4v) is 3.34. The molecule has 1 fully saturated rings. The highest BCUT2D eigenvalue weighted by Crippen LogP contribution is 2.27. The van der Waals surface area contributed by atoms with Crippen LogP contribution in [-0.2, 0) is 6.54 Å². The summed E-state index contributed by atoms with van der Waals surface area (Å²) in [6.45, 7) is 4.00. The zero-order valence-electron chi connectivity index (χ0n) is 14.0. The van der Waals surface area contributed by atoms with Crippen molar-refractivity contribution in [3.63, 3.8) is 0 Å². The molecule has 130 valence electrons. The molecule has 3 heterocycles. The van der Waals surface area contributed by atoms with Crippen LogP contribution in [-0.4, -0.2) is 50.7 Å². The van der Waals surface area contributed by atoms with Crippen molar-refractivity contribution in [2.75, 3.05) is 25.0 Å². The Morgan fingerprint density at radius 1 is 1.32 bits per heavy atom. The van der Waals surface area contributed by atoms with Crippen molar-refractivity contribution in [1.29, 1.82) is 0 Å². The van der Waals surface area contributed by atoms with E-state index in [9.17, 15) is 4.39 Å². The van der Waals surface area contributed by atoms with Crippen LogP contribution in [0.1, 0.15) is 11.4 Å². The molecule has 3 aromatic rings. The fraction of sp³-hybridized carbons (Fsp3) is 0.353. The van der Waals surface area contributed by atoms with E-state index in [2.05, 4.69) is 25.0 Å². The summed E-state index contributed by atoms with van der Waals surface area (Å²) in [5.41, 5.74) is 1.30. The number of halogens is 2. The number of aromatic nitrogens is 4. The number of hydrogen-bond donors (Lipinski definition) is 0. The van der Waals surface area contributed by atoms with Gasteiger partial charge in [-0.3, -0.25) is 9.30 Å². The zero-order valence-corrected chi connectivity index (χ0v) is 14.8. The Hall–Kier alpha value is -2.25. The summed E-state index contributed by atoms with van der Waals surface area (Å²) in [6, 6.07) is 5.10. The van der Waals surface area contributed by atoms with Gasteiger partial charge in [0.2, 0.25) is 5.65 Å². The molecule has 1 aromatic carbocycles. The van der Waals surface area contributed by atoms with Gasteiger partial charge < -0.3 is 4.90 Å². The minimum absolute atomic E-state index is 0.263. The number of likely N-dealkylation sites (N-methyl/N-ethyl adjacent to an activating group) is 1. The van der Waals surface area contributed by atoms with Crippen LogP contribution in [0.15, 0.2) is 30.6 Å². The summed E-state index contributed by atoms with van der Waals surface area (Å²) in [4.78, 5) is 8.73. The number of hydrogen-bond acceptors (Lipinski definition) is 5. The van der Waals surface area contributed by atoms with Crippen LogP contribution in [0.4, 0.5) is 10.2 Å². The Kier molecular flexibility index (Phi) is 4.05. The average molecular weight is 361 g/mol. The van der Waals surface area contributed by atoms with E-state index < -0.39 is 0 Å². The van der Waals surface area contributed by atoms with Crippen LogP contribution < -0.4 is 4.90 Å². The van der Waals surface area contributed by atoms with Crippen LogP contribution in [0.2, 0.25) is 5.02 Å². The topological polar surface area (TPSA) is 49.6 Å². The molecule has 0 radical (unpaired) electrons. The van der Waals surface area contributed by atoms with E-state index in [0.717, 1.165) is 30.4 Å². The Balaban J connectivity index is 1.46. The number of benzene rings is 1. The molecular weight excluding hydrogens is 343 g/mol. The fourth-order valence-electron chi connectivity index (χ4n) is 3.12. The summed E-state index contributed by atoms with van der Waals surface area (Å²) < 4.78 is 15.9. The van der Waals surface area contributed by atoms with Gasteiger partial charge in [0.25, 0.3) is 0 Å². The quantitative estimate of drug-likeness (QED) is 0.715. The molecule has 6 nitrogen and oxygen atoms in total. The zero-order chi connectivity index (χ0) is 17.6. The minimum atomic E-state index is -0.263. The van der Waals surface area contributed by atoms with Gasteiger partial charge in [0.1, 0.15) is 11.6 Å². The predicted molar refractivity (Wildman–Crippen MR) is 94.4 cm³/mol. The Morgan fingerprint density at radius 3 is 2.88 bits per heavy atom. The van der Waals surface area contributed by atoms with E-state index in [4.69, 9.17) is 11.6 Å². The van der Waals surface area contributed by atoms with Crippen molar-refractivity contribution in [2.24, 2.45) is 0 Å². The Bertz CT molecular complexity index is 900. The van der Waals surface area contributed by atoms with E-state index in [0.29, 0.717) is 23.2 Å². The largest absolute Gasteiger partial charge is 0.350 e. The van der Waals surface area contributed by atoms with Crippen molar-refractivity contribution in [1.82, 2.24) is 24.5 Å². The molecule has 4 rings (SSSR count). The molecule has 0 aliphatic carbocycles. The first-order chi connectivity index (χ1) is 12.0. The van der Waals surface area contributed by atoms with Gasteiger partial charge in [0, 0.05) is 48.7 Å². The minimum Gasteiger partial charge on any atom is -0.350 e. The Labute approximate surface area is 149 Å². The van der Waals surface area contributed by atoms with Gasteiger partial charge >= 0.3 is 0 Å². The smallest absolute Gasteiger partial charge is 0.203 e. The number of nitrogens with zero attached hydrogens (tertiary/aromatic N) is 6. The highest BCUT2D eigenvalue weighted by molar-refractivity contribution is 6.31. The second-order valence-corrected chi connectivity index (χ2v) is 6.77. The van der Waals surface area contributed by atoms with Gasteiger partial charge in [0.05, 0.1) is 0 Å². The molecule has 0 saturated carbocycles. The number of rotatable bonds is 4. The molecule has 0 unspecified atom stereocenters. The first kappa shape index (κ1) is 16.2. The highest BCUT2D eigenvalue weighted by atomic mass is 35.5. The van der Waals surface area contributed by atoms with Crippen LogP contribution in [0.25, 0.3) is 5.65 Å². The van der Waals surface area contributed by atoms with Crippen LogP contribution in [0.3, 0.4) is 0 Å². The lowest BCUT2D eigenvalue weighted by molar-refractivity contribution is 0.195. The van der Waals surface area contributed by atoms with Gasteiger partial charge in [-0.2, -0.15) is 0 Å². The third-order valence-corrected chi connectivity index (χ3v) is 5.09. The van der Waals surface area contributed by atoms with Crippen LogP contribution in [0, 0.1) is 12.7 Å². The van der Waals surface area contributed by atoms with Gasteiger partial charge in [-0.15, -0.1) is 10.2 Å². The molecule has 1 aliphatic heterocycles. The van der Waals surface area contributed by atoms with Gasteiger partial charge in [-0.05, 0) is 26.1 Å². The number of anilines is 1. The SMILES string of the molecule is Cc1nnc2c(N3CC(N(C)Cc4c(F)cccc4Cl)C3)nccn12. The second kappa shape index (κ2) is 6.24. The lowest BCUT2D eigenvalue weighted by Crippen LogP contribution is -2.58. The number of fused-ring (bicyclic) bond motifs is 1.